The summed E-state index contributed by atoms with van der Waals surface area (Å²) in [4.78, 5) is 24.7. The number of esters is 1. The van der Waals surface area contributed by atoms with Gasteiger partial charge in [-0.25, -0.2) is 13.2 Å². The molecule has 27 heavy (non-hydrogen) atoms. The van der Waals surface area contributed by atoms with Gasteiger partial charge in [-0.3, -0.25) is 9.59 Å². The van der Waals surface area contributed by atoms with Gasteiger partial charge >= 0.3 is 5.97 Å². The van der Waals surface area contributed by atoms with Gasteiger partial charge in [0.2, 0.25) is 0 Å². The highest BCUT2D eigenvalue weighted by Gasteiger charge is 2.38. The van der Waals surface area contributed by atoms with E-state index in [4.69, 9.17) is 0 Å². The van der Waals surface area contributed by atoms with Crippen LogP contribution in [0.1, 0.15) is 24.0 Å². The van der Waals surface area contributed by atoms with E-state index in [2.05, 4.69) is 9.84 Å². The summed E-state index contributed by atoms with van der Waals surface area (Å²) in [5.74, 6) is -3.14. The highest BCUT2D eigenvalue weighted by Crippen LogP contribution is 2.28. The smallest absolute Gasteiger partial charge is 0.318 e. The molecule has 0 spiro atoms. The molecule has 0 bridgehead atoms. The van der Waals surface area contributed by atoms with E-state index in [9.17, 15) is 22.8 Å². The predicted octanol–water partition coefficient (Wildman–Crippen LogP) is 3.69. The van der Waals surface area contributed by atoms with Crippen LogP contribution >= 0.6 is 0 Å². The van der Waals surface area contributed by atoms with Gasteiger partial charge in [0.25, 0.3) is 12.3 Å². The second-order valence-corrected chi connectivity index (χ2v) is 5.88. The lowest BCUT2D eigenvalue weighted by atomic mass is 9.94. The van der Waals surface area contributed by atoms with Crippen LogP contribution in [-0.4, -0.2) is 24.7 Å². The van der Waals surface area contributed by atoms with Crippen LogP contribution in [0.2, 0.25) is 0 Å². The number of benzene rings is 2. The van der Waals surface area contributed by atoms with Gasteiger partial charge in [-0.15, -0.1) is 0 Å². The highest BCUT2D eigenvalue weighted by molar-refractivity contribution is 6.15. The number of alkyl halides is 2. The van der Waals surface area contributed by atoms with Crippen LogP contribution < -0.4 is 5.01 Å². The summed E-state index contributed by atoms with van der Waals surface area (Å²) in [5.41, 5.74) is 0.797. The van der Waals surface area contributed by atoms with E-state index in [0.717, 1.165) is 18.2 Å². The summed E-state index contributed by atoms with van der Waals surface area (Å²) >= 11 is 0. The molecule has 1 aliphatic heterocycles. The van der Waals surface area contributed by atoms with Crippen molar-refractivity contribution in [2.75, 3.05) is 12.1 Å². The zero-order valence-corrected chi connectivity index (χ0v) is 14.2. The van der Waals surface area contributed by atoms with E-state index in [1.54, 1.807) is 0 Å². The van der Waals surface area contributed by atoms with Crippen LogP contribution in [0.3, 0.4) is 0 Å². The van der Waals surface area contributed by atoms with Crippen LogP contribution in [0.25, 0.3) is 0 Å². The van der Waals surface area contributed by atoms with E-state index in [1.807, 2.05) is 0 Å². The Morgan fingerprint density at radius 2 is 1.93 bits per heavy atom. The number of methoxy groups -OCH3 is 1. The van der Waals surface area contributed by atoms with E-state index in [1.165, 1.54) is 42.5 Å². The Bertz CT molecular complexity index is 897. The van der Waals surface area contributed by atoms with Gasteiger partial charge in [-0.2, -0.15) is 10.1 Å². The minimum atomic E-state index is -2.61. The van der Waals surface area contributed by atoms with E-state index in [0.29, 0.717) is 11.3 Å². The van der Waals surface area contributed by atoms with Crippen LogP contribution in [-0.2, 0) is 14.3 Å². The molecule has 5 nitrogen and oxygen atoms in total. The lowest BCUT2D eigenvalue weighted by Crippen LogP contribution is -2.43. The maximum absolute atomic E-state index is 13.6. The van der Waals surface area contributed by atoms with E-state index < -0.39 is 30.0 Å². The Kier molecular flexibility index (Phi) is 5.25. The standard InChI is InChI=1S/C19H15F3N2O3/c1-27-19(26)15-10-16(11-5-7-12(8-6-11)17(21)22)23-24(18(15)25)14-4-2-3-13(20)9-14/h2-9,15,17H,10H2,1H3. The van der Waals surface area contributed by atoms with Crippen LogP contribution in [0.15, 0.2) is 53.6 Å². The largest absolute Gasteiger partial charge is 0.468 e. The third-order valence-corrected chi connectivity index (χ3v) is 4.16. The first-order valence-corrected chi connectivity index (χ1v) is 8.04. The minimum absolute atomic E-state index is 0.0503. The molecule has 8 heteroatoms. The van der Waals surface area contributed by atoms with Crippen molar-refractivity contribution in [3.63, 3.8) is 0 Å². The molecule has 2 aromatic rings. The number of rotatable bonds is 4. The molecule has 0 N–H and O–H groups in total. The molecular weight excluding hydrogens is 361 g/mol. The monoisotopic (exact) mass is 376 g/mol. The minimum Gasteiger partial charge on any atom is -0.468 e. The molecule has 1 atom stereocenters. The van der Waals surface area contributed by atoms with Crippen molar-refractivity contribution < 1.29 is 27.5 Å². The Morgan fingerprint density at radius 3 is 2.52 bits per heavy atom. The fraction of sp³-hybridized carbons (Fsp3) is 0.211. The topological polar surface area (TPSA) is 59.0 Å². The zero-order chi connectivity index (χ0) is 19.6. The number of ether oxygens (including phenoxy) is 1. The number of halogens is 3. The molecule has 1 aliphatic rings. The number of nitrogens with zero attached hydrogens (tertiary/aromatic N) is 2. The predicted molar refractivity (Wildman–Crippen MR) is 91.9 cm³/mol. The van der Waals surface area contributed by atoms with Gasteiger partial charge in [0, 0.05) is 12.0 Å². The third kappa shape index (κ3) is 3.84. The van der Waals surface area contributed by atoms with Crippen LogP contribution in [0, 0.1) is 11.7 Å². The van der Waals surface area contributed by atoms with Gasteiger partial charge < -0.3 is 4.74 Å². The average molecular weight is 376 g/mol. The molecule has 0 saturated carbocycles. The third-order valence-electron chi connectivity index (χ3n) is 4.16. The molecular formula is C19H15F3N2O3. The number of carbonyl (C=O) groups is 2. The van der Waals surface area contributed by atoms with Crippen molar-refractivity contribution >= 4 is 23.3 Å². The second-order valence-electron chi connectivity index (χ2n) is 5.88. The van der Waals surface area contributed by atoms with Gasteiger partial charge in [0.05, 0.1) is 18.5 Å². The van der Waals surface area contributed by atoms with Crippen molar-refractivity contribution in [1.29, 1.82) is 0 Å². The number of carbonyl (C=O) groups excluding carboxylic acids is 2. The molecule has 1 amide bonds. The molecule has 0 aromatic heterocycles. The molecule has 0 fully saturated rings. The van der Waals surface area contributed by atoms with Crippen molar-refractivity contribution in [2.24, 2.45) is 11.0 Å². The summed E-state index contributed by atoms with van der Waals surface area (Å²) in [6.45, 7) is 0. The SMILES string of the molecule is COC(=O)C1CC(c2ccc(C(F)F)cc2)=NN(c2cccc(F)c2)C1=O. The lowest BCUT2D eigenvalue weighted by Gasteiger charge is -2.28. The summed E-state index contributed by atoms with van der Waals surface area (Å²) in [6, 6.07) is 10.6. The summed E-state index contributed by atoms with van der Waals surface area (Å²) in [5, 5.41) is 5.16. The van der Waals surface area contributed by atoms with Crippen molar-refractivity contribution in [1.82, 2.24) is 0 Å². The number of hydrogen-bond donors (Lipinski definition) is 0. The van der Waals surface area contributed by atoms with Gasteiger partial charge in [-0.05, 0) is 23.8 Å². The molecule has 0 radical (unpaired) electrons. The molecule has 2 aromatic carbocycles. The maximum atomic E-state index is 13.6. The number of hydrazone groups is 1. The normalized spacial score (nSPS) is 17.1. The van der Waals surface area contributed by atoms with Gasteiger partial charge in [0.15, 0.2) is 0 Å². The molecule has 0 saturated heterocycles. The highest BCUT2D eigenvalue weighted by atomic mass is 19.3. The second kappa shape index (κ2) is 7.61. The fourth-order valence-electron chi connectivity index (χ4n) is 2.75. The van der Waals surface area contributed by atoms with E-state index in [-0.39, 0.29) is 17.7 Å². The first-order chi connectivity index (χ1) is 12.9. The Morgan fingerprint density at radius 1 is 1.22 bits per heavy atom. The van der Waals surface area contributed by atoms with Crippen LogP contribution in [0.4, 0.5) is 18.9 Å². The Hall–Kier alpha value is -3.16. The number of amides is 1. The van der Waals surface area contributed by atoms with Gasteiger partial charge in [0.1, 0.15) is 11.7 Å². The molecule has 1 heterocycles. The quantitative estimate of drug-likeness (QED) is 0.604. The van der Waals surface area contributed by atoms with Crippen molar-refractivity contribution in [3.8, 4) is 0 Å². The van der Waals surface area contributed by atoms with Crippen molar-refractivity contribution in [2.45, 2.75) is 12.8 Å². The zero-order valence-electron chi connectivity index (χ0n) is 14.2. The maximum Gasteiger partial charge on any atom is 0.318 e. The summed E-state index contributed by atoms with van der Waals surface area (Å²) < 4.78 is 43.7. The summed E-state index contributed by atoms with van der Waals surface area (Å²) in [7, 11) is 1.16. The van der Waals surface area contributed by atoms with E-state index >= 15 is 0 Å². The lowest BCUT2D eigenvalue weighted by molar-refractivity contribution is -0.149. The van der Waals surface area contributed by atoms with Crippen molar-refractivity contribution in [3.05, 3.63) is 65.5 Å². The van der Waals surface area contributed by atoms with Gasteiger partial charge in [-0.1, -0.05) is 30.3 Å². The average Bonchev–Trinajstić information content (AvgIpc) is 2.67. The van der Waals surface area contributed by atoms with Crippen LogP contribution in [0.5, 0.6) is 0 Å². The summed E-state index contributed by atoms with van der Waals surface area (Å²) in [6.07, 6.45) is -2.66. The molecule has 1 unspecified atom stereocenters. The Balaban J connectivity index is 2.04. The molecule has 0 aliphatic carbocycles. The number of anilines is 1. The first-order valence-electron chi connectivity index (χ1n) is 8.04. The molecule has 3 rings (SSSR count). The fourth-order valence-corrected chi connectivity index (χ4v) is 2.75. The number of hydrogen-bond acceptors (Lipinski definition) is 4. The molecule has 140 valence electrons. The Labute approximate surface area is 153 Å². The first kappa shape index (κ1) is 18.6.